The number of hydrogen-bond donors (Lipinski definition) is 2. The van der Waals surface area contributed by atoms with Crippen LogP contribution in [0.25, 0.3) is 10.9 Å². The molecule has 4 rings (SSSR count). The molecule has 0 saturated heterocycles. The summed E-state index contributed by atoms with van der Waals surface area (Å²) in [6.07, 6.45) is 1.40. The molecule has 0 bridgehead atoms. The summed E-state index contributed by atoms with van der Waals surface area (Å²) in [4.78, 5) is 12.9. The number of anilines is 3. The molecule has 0 atom stereocenters. The van der Waals surface area contributed by atoms with Gasteiger partial charge in [-0.2, -0.15) is 4.98 Å². The van der Waals surface area contributed by atoms with Crippen LogP contribution in [0.15, 0.2) is 60.9 Å². The van der Waals surface area contributed by atoms with Gasteiger partial charge in [-0.3, -0.25) is 0 Å². The fourth-order valence-electron chi connectivity index (χ4n) is 2.63. The Balaban J connectivity index is 1.67. The van der Waals surface area contributed by atoms with Crippen LogP contribution in [0, 0.1) is 6.92 Å². The van der Waals surface area contributed by atoms with Crippen molar-refractivity contribution in [3.8, 4) is 11.6 Å². The molecule has 7 heteroatoms. The Morgan fingerprint density at radius 2 is 1.81 bits per heavy atom. The average molecular weight is 378 g/mol. The number of hydrogen-bond acceptors (Lipinski definition) is 6. The molecule has 0 unspecified atom stereocenters. The first-order valence-electron chi connectivity index (χ1n) is 8.27. The lowest BCUT2D eigenvalue weighted by Crippen LogP contribution is -2.03. The number of benzene rings is 2. The van der Waals surface area contributed by atoms with E-state index >= 15 is 0 Å². The molecule has 0 spiro atoms. The molecule has 6 nitrogen and oxygen atoms in total. The van der Waals surface area contributed by atoms with Crippen molar-refractivity contribution in [1.82, 2.24) is 15.0 Å². The van der Waals surface area contributed by atoms with Gasteiger partial charge in [0.2, 0.25) is 5.88 Å². The first-order valence-corrected chi connectivity index (χ1v) is 8.65. The van der Waals surface area contributed by atoms with Crippen molar-refractivity contribution in [3.05, 3.63) is 71.6 Å². The van der Waals surface area contributed by atoms with Crippen LogP contribution < -0.4 is 15.8 Å². The molecule has 0 aliphatic rings. The Labute approximate surface area is 161 Å². The molecule has 4 aromatic rings. The first-order chi connectivity index (χ1) is 13.1. The van der Waals surface area contributed by atoms with Crippen LogP contribution in [-0.2, 0) is 0 Å². The maximum atomic E-state index is 6.22. The van der Waals surface area contributed by atoms with Crippen molar-refractivity contribution >= 4 is 39.7 Å². The van der Waals surface area contributed by atoms with Gasteiger partial charge < -0.3 is 15.8 Å². The third kappa shape index (κ3) is 3.61. The van der Waals surface area contributed by atoms with E-state index in [4.69, 9.17) is 22.1 Å². The predicted octanol–water partition coefficient (Wildman–Crippen LogP) is 5.10. The Bertz CT molecular complexity index is 1120. The van der Waals surface area contributed by atoms with Crippen molar-refractivity contribution in [3.63, 3.8) is 0 Å². The maximum Gasteiger partial charge on any atom is 0.248 e. The van der Waals surface area contributed by atoms with Crippen molar-refractivity contribution in [1.29, 1.82) is 0 Å². The number of aryl methyl sites for hydroxylation is 1. The van der Waals surface area contributed by atoms with Crippen molar-refractivity contribution < 1.29 is 4.74 Å². The number of nitrogens with zero attached hydrogens (tertiary/aromatic N) is 3. The second-order valence-corrected chi connectivity index (χ2v) is 6.39. The monoisotopic (exact) mass is 377 g/mol. The quantitative estimate of drug-likeness (QED) is 0.514. The normalized spacial score (nSPS) is 10.7. The zero-order valence-electron chi connectivity index (χ0n) is 14.5. The van der Waals surface area contributed by atoms with Gasteiger partial charge in [0.15, 0.2) is 11.6 Å². The standard InChI is InChI=1S/C20H16ClN5O/c1-12-5-6-13-3-2-4-16(18(13)25-12)27-20-17(22)19(23-11-24-20)26-15-9-7-14(21)8-10-15/h2-11H,22H2,1H3,(H,23,24,26). The van der Waals surface area contributed by atoms with Gasteiger partial charge in [0, 0.05) is 21.8 Å². The molecule has 0 fully saturated rings. The second kappa shape index (κ2) is 7.09. The summed E-state index contributed by atoms with van der Waals surface area (Å²) in [6, 6.07) is 16.9. The van der Waals surface area contributed by atoms with Crippen LogP contribution in [0.4, 0.5) is 17.2 Å². The van der Waals surface area contributed by atoms with Gasteiger partial charge in [0.25, 0.3) is 0 Å². The summed E-state index contributed by atoms with van der Waals surface area (Å²) in [5, 5.41) is 4.77. The molecule has 0 saturated carbocycles. The fraction of sp³-hybridized carbons (Fsp3) is 0.0500. The van der Waals surface area contributed by atoms with Crippen LogP contribution in [0.1, 0.15) is 5.69 Å². The van der Waals surface area contributed by atoms with E-state index in [0.29, 0.717) is 22.3 Å². The number of rotatable bonds is 4. The average Bonchev–Trinajstić information content (AvgIpc) is 2.67. The van der Waals surface area contributed by atoms with Gasteiger partial charge in [-0.15, -0.1) is 0 Å². The molecule has 2 heterocycles. The minimum atomic E-state index is 0.261. The summed E-state index contributed by atoms with van der Waals surface area (Å²) < 4.78 is 5.98. The molecule has 0 radical (unpaired) electrons. The number of nitrogens with one attached hydrogen (secondary N) is 1. The zero-order valence-corrected chi connectivity index (χ0v) is 15.2. The highest BCUT2D eigenvalue weighted by atomic mass is 35.5. The molecular weight excluding hydrogens is 362 g/mol. The summed E-state index contributed by atoms with van der Waals surface area (Å²) >= 11 is 5.92. The van der Waals surface area contributed by atoms with E-state index in [-0.39, 0.29) is 5.88 Å². The number of aromatic nitrogens is 3. The predicted molar refractivity (Wildman–Crippen MR) is 108 cm³/mol. The summed E-state index contributed by atoms with van der Waals surface area (Å²) in [5.74, 6) is 1.29. The van der Waals surface area contributed by atoms with Gasteiger partial charge >= 0.3 is 0 Å². The molecule has 0 aliphatic carbocycles. The molecule has 27 heavy (non-hydrogen) atoms. The molecule has 0 amide bonds. The van der Waals surface area contributed by atoms with E-state index in [9.17, 15) is 0 Å². The van der Waals surface area contributed by atoms with E-state index in [1.165, 1.54) is 6.33 Å². The number of nitrogen functional groups attached to an aromatic ring is 1. The second-order valence-electron chi connectivity index (χ2n) is 5.96. The lowest BCUT2D eigenvalue weighted by Gasteiger charge is -2.13. The maximum absolute atomic E-state index is 6.22. The van der Waals surface area contributed by atoms with Crippen molar-refractivity contribution in [2.45, 2.75) is 6.92 Å². The van der Waals surface area contributed by atoms with Crippen LogP contribution in [0.5, 0.6) is 11.6 Å². The van der Waals surface area contributed by atoms with E-state index in [2.05, 4.69) is 20.3 Å². The van der Waals surface area contributed by atoms with Gasteiger partial charge in [0.1, 0.15) is 17.5 Å². The topological polar surface area (TPSA) is 86.0 Å². The summed E-state index contributed by atoms with van der Waals surface area (Å²) in [7, 11) is 0. The van der Waals surface area contributed by atoms with Crippen molar-refractivity contribution in [2.24, 2.45) is 0 Å². The van der Waals surface area contributed by atoms with E-state index in [0.717, 1.165) is 22.3 Å². The minimum absolute atomic E-state index is 0.261. The van der Waals surface area contributed by atoms with Crippen LogP contribution >= 0.6 is 11.6 Å². The number of ether oxygens (including phenoxy) is 1. The number of fused-ring (bicyclic) bond motifs is 1. The van der Waals surface area contributed by atoms with Gasteiger partial charge in [0.05, 0.1) is 0 Å². The van der Waals surface area contributed by atoms with Crippen LogP contribution in [0.3, 0.4) is 0 Å². The number of para-hydroxylation sites is 1. The SMILES string of the molecule is Cc1ccc2cccc(Oc3ncnc(Nc4ccc(Cl)cc4)c3N)c2n1. The fourth-order valence-corrected chi connectivity index (χ4v) is 2.76. The van der Waals surface area contributed by atoms with E-state index in [1.54, 1.807) is 12.1 Å². The lowest BCUT2D eigenvalue weighted by molar-refractivity contribution is 0.469. The highest BCUT2D eigenvalue weighted by Gasteiger charge is 2.13. The highest BCUT2D eigenvalue weighted by molar-refractivity contribution is 6.30. The number of nitrogens with two attached hydrogens (primary N) is 1. The lowest BCUT2D eigenvalue weighted by atomic mass is 10.2. The largest absolute Gasteiger partial charge is 0.435 e. The molecule has 2 aromatic carbocycles. The van der Waals surface area contributed by atoms with E-state index in [1.807, 2.05) is 49.4 Å². The first kappa shape index (κ1) is 17.1. The van der Waals surface area contributed by atoms with Crippen LogP contribution in [0.2, 0.25) is 5.02 Å². The summed E-state index contributed by atoms with van der Waals surface area (Å²) in [6.45, 7) is 1.93. The molecular formula is C20H16ClN5O. The Kier molecular flexibility index (Phi) is 4.48. The molecule has 0 aliphatic heterocycles. The third-order valence-corrected chi connectivity index (χ3v) is 4.24. The Morgan fingerprint density at radius 3 is 2.63 bits per heavy atom. The Morgan fingerprint density at radius 1 is 1.00 bits per heavy atom. The number of pyridine rings is 1. The van der Waals surface area contributed by atoms with Gasteiger partial charge in [-0.05, 0) is 43.3 Å². The number of halogens is 1. The third-order valence-electron chi connectivity index (χ3n) is 3.98. The zero-order chi connectivity index (χ0) is 18.8. The van der Waals surface area contributed by atoms with Gasteiger partial charge in [-0.25, -0.2) is 9.97 Å². The minimum Gasteiger partial charge on any atom is -0.435 e. The van der Waals surface area contributed by atoms with Crippen LogP contribution in [-0.4, -0.2) is 15.0 Å². The summed E-state index contributed by atoms with van der Waals surface area (Å²) in [5.41, 5.74) is 8.99. The Hall–Kier alpha value is -3.38. The molecule has 134 valence electrons. The highest BCUT2D eigenvalue weighted by Crippen LogP contribution is 2.33. The van der Waals surface area contributed by atoms with Gasteiger partial charge in [-0.1, -0.05) is 29.8 Å². The van der Waals surface area contributed by atoms with Crippen molar-refractivity contribution in [2.75, 3.05) is 11.1 Å². The smallest absolute Gasteiger partial charge is 0.248 e. The molecule has 3 N–H and O–H groups in total. The van der Waals surface area contributed by atoms with E-state index < -0.39 is 0 Å². The molecule has 2 aromatic heterocycles.